The first kappa shape index (κ1) is 11.9. The Bertz CT molecular complexity index is 743. The highest BCUT2D eigenvalue weighted by atomic mass is 35.5. The molecule has 19 heavy (non-hydrogen) atoms. The Morgan fingerprint density at radius 3 is 2.26 bits per heavy atom. The van der Waals surface area contributed by atoms with E-state index in [1.54, 1.807) is 0 Å². The zero-order valence-electron chi connectivity index (χ0n) is 10.3. The van der Waals surface area contributed by atoms with Gasteiger partial charge in [-0.3, -0.25) is 0 Å². The van der Waals surface area contributed by atoms with Gasteiger partial charge in [-0.25, -0.2) is 9.97 Å². The molecule has 0 aliphatic carbocycles. The van der Waals surface area contributed by atoms with Crippen molar-refractivity contribution < 1.29 is 4.74 Å². The van der Waals surface area contributed by atoms with Gasteiger partial charge in [-0.05, 0) is 30.7 Å². The predicted octanol–water partition coefficient (Wildman–Crippen LogP) is 4.38. The monoisotopic (exact) mass is 270 g/mol. The maximum absolute atomic E-state index is 6.11. The van der Waals surface area contributed by atoms with Gasteiger partial charge in [0.15, 0.2) is 5.15 Å². The van der Waals surface area contributed by atoms with Gasteiger partial charge in [0.1, 0.15) is 5.75 Å². The summed E-state index contributed by atoms with van der Waals surface area (Å²) in [5, 5.41) is 0.266. The zero-order valence-corrected chi connectivity index (χ0v) is 11.1. The molecule has 0 N–H and O–H groups in total. The minimum absolute atomic E-state index is 0.266. The summed E-state index contributed by atoms with van der Waals surface area (Å²) in [4.78, 5) is 8.67. The third-order valence-corrected chi connectivity index (χ3v) is 3.05. The van der Waals surface area contributed by atoms with Gasteiger partial charge < -0.3 is 4.74 Å². The molecule has 0 saturated heterocycles. The average molecular weight is 271 g/mol. The predicted molar refractivity (Wildman–Crippen MR) is 75.8 cm³/mol. The minimum Gasteiger partial charge on any atom is -0.436 e. The smallest absolute Gasteiger partial charge is 0.258 e. The number of benzene rings is 2. The van der Waals surface area contributed by atoms with E-state index in [1.807, 2.05) is 55.5 Å². The molecular weight excluding hydrogens is 260 g/mol. The molecule has 1 aromatic heterocycles. The van der Waals surface area contributed by atoms with Gasteiger partial charge in [0.25, 0.3) is 5.88 Å². The molecule has 0 atom stereocenters. The maximum atomic E-state index is 6.11. The molecule has 1 heterocycles. The van der Waals surface area contributed by atoms with E-state index >= 15 is 0 Å². The van der Waals surface area contributed by atoms with E-state index in [9.17, 15) is 0 Å². The molecule has 0 saturated carbocycles. The summed E-state index contributed by atoms with van der Waals surface area (Å²) in [7, 11) is 0. The van der Waals surface area contributed by atoms with Crippen molar-refractivity contribution >= 4 is 22.6 Å². The molecule has 3 rings (SSSR count). The Kier molecular flexibility index (Phi) is 3.05. The number of para-hydroxylation sites is 3. The van der Waals surface area contributed by atoms with Crippen molar-refractivity contribution in [2.75, 3.05) is 0 Å². The molecule has 0 aliphatic rings. The van der Waals surface area contributed by atoms with E-state index in [4.69, 9.17) is 16.3 Å². The van der Waals surface area contributed by atoms with E-state index in [1.165, 1.54) is 0 Å². The van der Waals surface area contributed by atoms with Gasteiger partial charge in [0, 0.05) is 0 Å². The number of aromatic nitrogens is 2. The van der Waals surface area contributed by atoms with Gasteiger partial charge in [-0.1, -0.05) is 41.9 Å². The molecule has 4 heteroatoms. The van der Waals surface area contributed by atoms with E-state index in [-0.39, 0.29) is 5.15 Å². The Morgan fingerprint density at radius 2 is 1.53 bits per heavy atom. The number of halogens is 1. The first-order valence-electron chi connectivity index (χ1n) is 5.90. The third kappa shape index (κ3) is 2.37. The van der Waals surface area contributed by atoms with Gasteiger partial charge >= 0.3 is 0 Å². The van der Waals surface area contributed by atoms with Crippen molar-refractivity contribution in [1.82, 2.24) is 9.97 Å². The fraction of sp³-hybridized carbons (Fsp3) is 0.0667. The van der Waals surface area contributed by atoms with Crippen molar-refractivity contribution in [3.8, 4) is 11.6 Å². The highest BCUT2D eigenvalue weighted by Crippen LogP contribution is 2.29. The lowest BCUT2D eigenvalue weighted by Crippen LogP contribution is -1.94. The molecular formula is C15H11ClN2O. The molecule has 3 nitrogen and oxygen atoms in total. The molecule has 0 spiro atoms. The van der Waals surface area contributed by atoms with Crippen LogP contribution < -0.4 is 4.74 Å². The van der Waals surface area contributed by atoms with Crippen LogP contribution in [0.2, 0.25) is 5.15 Å². The largest absolute Gasteiger partial charge is 0.436 e. The van der Waals surface area contributed by atoms with Crippen molar-refractivity contribution in [3.05, 3.63) is 59.2 Å². The number of nitrogens with zero attached hydrogens (tertiary/aromatic N) is 2. The van der Waals surface area contributed by atoms with Crippen LogP contribution in [0, 0.1) is 6.92 Å². The SMILES string of the molecule is Cc1ccccc1Oc1nc2ccccc2nc1Cl. The van der Waals surface area contributed by atoms with Crippen molar-refractivity contribution in [2.45, 2.75) is 6.92 Å². The van der Waals surface area contributed by atoms with E-state index in [0.717, 1.165) is 22.3 Å². The van der Waals surface area contributed by atoms with Crippen LogP contribution in [-0.4, -0.2) is 9.97 Å². The molecule has 94 valence electrons. The summed E-state index contributed by atoms with van der Waals surface area (Å²) in [5.74, 6) is 1.06. The normalized spacial score (nSPS) is 10.6. The van der Waals surface area contributed by atoms with Crippen LogP contribution >= 0.6 is 11.6 Å². The lowest BCUT2D eigenvalue weighted by molar-refractivity contribution is 0.459. The van der Waals surface area contributed by atoms with Crippen LogP contribution in [0.15, 0.2) is 48.5 Å². The summed E-state index contributed by atoms with van der Waals surface area (Å²) >= 11 is 6.11. The number of aryl methyl sites for hydroxylation is 1. The minimum atomic E-state index is 0.266. The van der Waals surface area contributed by atoms with Crippen LogP contribution in [0.25, 0.3) is 11.0 Å². The highest BCUT2D eigenvalue weighted by molar-refractivity contribution is 6.31. The Labute approximate surface area is 115 Å². The number of rotatable bonds is 2. The topological polar surface area (TPSA) is 35.0 Å². The van der Waals surface area contributed by atoms with Crippen molar-refractivity contribution in [2.24, 2.45) is 0 Å². The van der Waals surface area contributed by atoms with E-state index in [2.05, 4.69) is 9.97 Å². The highest BCUT2D eigenvalue weighted by Gasteiger charge is 2.09. The van der Waals surface area contributed by atoms with Crippen LogP contribution in [0.5, 0.6) is 11.6 Å². The number of fused-ring (bicyclic) bond motifs is 1. The van der Waals surface area contributed by atoms with Crippen molar-refractivity contribution in [1.29, 1.82) is 0 Å². The summed E-state index contributed by atoms with van der Waals surface area (Å²) in [5.41, 5.74) is 2.54. The lowest BCUT2D eigenvalue weighted by atomic mass is 10.2. The van der Waals surface area contributed by atoms with Crippen LogP contribution in [0.1, 0.15) is 5.56 Å². The molecule has 0 fully saturated rings. The van der Waals surface area contributed by atoms with Gasteiger partial charge in [0.2, 0.25) is 0 Å². The second-order valence-electron chi connectivity index (χ2n) is 4.18. The van der Waals surface area contributed by atoms with Crippen molar-refractivity contribution in [3.63, 3.8) is 0 Å². The standard InChI is InChI=1S/C15H11ClN2O/c1-10-6-2-5-9-13(10)19-15-14(16)17-11-7-3-4-8-12(11)18-15/h2-9H,1H3. The second kappa shape index (κ2) is 4.86. The number of hydrogen-bond acceptors (Lipinski definition) is 3. The van der Waals surface area contributed by atoms with Crippen LogP contribution in [0.4, 0.5) is 0 Å². The van der Waals surface area contributed by atoms with Crippen LogP contribution in [-0.2, 0) is 0 Å². The Morgan fingerprint density at radius 1 is 0.895 bits per heavy atom. The first-order chi connectivity index (χ1) is 9.24. The van der Waals surface area contributed by atoms with Gasteiger partial charge in [-0.15, -0.1) is 0 Å². The van der Waals surface area contributed by atoms with Crippen LogP contribution in [0.3, 0.4) is 0 Å². The molecule has 0 aliphatic heterocycles. The summed E-state index contributed by atoms with van der Waals surface area (Å²) in [6, 6.07) is 15.3. The molecule has 0 amide bonds. The summed E-state index contributed by atoms with van der Waals surface area (Å²) in [6.07, 6.45) is 0. The lowest BCUT2D eigenvalue weighted by Gasteiger charge is -2.09. The first-order valence-corrected chi connectivity index (χ1v) is 6.27. The molecule has 0 bridgehead atoms. The zero-order chi connectivity index (χ0) is 13.2. The number of ether oxygens (including phenoxy) is 1. The third-order valence-electron chi connectivity index (χ3n) is 2.80. The maximum Gasteiger partial charge on any atom is 0.258 e. The van der Waals surface area contributed by atoms with Gasteiger partial charge in [-0.2, -0.15) is 0 Å². The fourth-order valence-corrected chi connectivity index (χ4v) is 1.97. The average Bonchev–Trinajstić information content (AvgIpc) is 2.42. The molecule has 0 unspecified atom stereocenters. The Hall–Kier alpha value is -2.13. The fourth-order valence-electron chi connectivity index (χ4n) is 1.80. The van der Waals surface area contributed by atoms with E-state index in [0.29, 0.717) is 5.88 Å². The molecule has 3 aromatic rings. The van der Waals surface area contributed by atoms with E-state index < -0.39 is 0 Å². The second-order valence-corrected chi connectivity index (χ2v) is 4.53. The molecule has 0 radical (unpaired) electrons. The summed E-state index contributed by atoms with van der Waals surface area (Å²) < 4.78 is 5.74. The Balaban J connectivity index is 2.06. The number of hydrogen-bond donors (Lipinski definition) is 0. The quantitative estimate of drug-likeness (QED) is 0.693. The summed E-state index contributed by atoms with van der Waals surface area (Å²) in [6.45, 7) is 1.97. The molecule has 2 aromatic carbocycles. The van der Waals surface area contributed by atoms with Gasteiger partial charge in [0.05, 0.1) is 11.0 Å².